The van der Waals surface area contributed by atoms with Crippen molar-refractivity contribution in [1.82, 2.24) is 0 Å². The van der Waals surface area contributed by atoms with E-state index in [0.29, 0.717) is 11.3 Å². The molecular weight excluding hydrogens is 284 g/mol. The molecule has 0 saturated carbocycles. The van der Waals surface area contributed by atoms with Gasteiger partial charge >= 0.3 is 11.9 Å². The fourth-order valence-electron chi connectivity index (χ4n) is 3.02. The van der Waals surface area contributed by atoms with Crippen LogP contribution in [-0.2, 0) is 16.0 Å². The van der Waals surface area contributed by atoms with Gasteiger partial charge in [-0.2, -0.15) is 0 Å². The van der Waals surface area contributed by atoms with E-state index < -0.39 is 22.8 Å². The van der Waals surface area contributed by atoms with Crippen LogP contribution in [0, 0.1) is 10.8 Å². The van der Waals surface area contributed by atoms with Crippen LogP contribution in [0.2, 0.25) is 0 Å². The van der Waals surface area contributed by atoms with Gasteiger partial charge in [-0.25, -0.2) is 0 Å². The summed E-state index contributed by atoms with van der Waals surface area (Å²) in [5.74, 6) is -2.13. The molecule has 1 aromatic rings. The van der Waals surface area contributed by atoms with Crippen LogP contribution in [0.4, 0.5) is 5.69 Å². The maximum atomic E-state index is 11.9. The van der Waals surface area contributed by atoms with Crippen LogP contribution in [0.3, 0.4) is 0 Å². The number of benzene rings is 1. The highest BCUT2D eigenvalue weighted by Crippen LogP contribution is 2.47. The Balaban J connectivity index is 2.47. The van der Waals surface area contributed by atoms with Crippen LogP contribution in [0.5, 0.6) is 0 Å². The molecule has 118 valence electrons. The molecule has 6 nitrogen and oxygen atoms in total. The van der Waals surface area contributed by atoms with E-state index in [2.05, 4.69) is 0 Å². The highest BCUT2D eigenvalue weighted by atomic mass is 16.4. The number of allylic oxidation sites excluding steroid dienone is 1. The normalized spacial score (nSPS) is 28.0. The first-order valence-electron chi connectivity index (χ1n) is 6.97. The third kappa shape index (κ3) is 2.64. The molecule has 6 N–H and O–H groups in total. The van der Waals surface area contributed by atoms with Gasteiger partial charge in [0.15, 0.2) is 0 Å². The molecule has 2 rings (SSSR count). The molecule has 0 fully saturated rings. The molecule has 0 saturated heterocycles. The molecule has 0 amide bonds. The zero-order valence-electron chi connectivity index (χ0n) is 12.4. The molecule has 0 bridgehead atoms. The van der Waals surface area contributed by atoms with Gasteiger partial charge in [0.1, 0.15) is 5.41 Å². The van der Waals surface area contributed by atoms with Gasteiger partial charge in [-0.05, 0) is 43.9 Å². The standard InChI is InChI=1S/C16H20N2O4/c1-15(13(19)20)6-5-12(18)16(9-15,14(21)22)8-10-3-2-4-11(17)7-10/h2-5,7H,6,8-9,17-18H2,1H3,(H,19,20)(H,21,22). The number of carbonyl (C=O) groups is 2. The predicted molar refractivity (Wildman–Crippen MR) is 81.9 cm³/mol. The zero-order chi connectivity index (χ0) is 16.5. The van der Waals surface area contributed by atoms with Crippen LogP contribution in [-0.4, -0.2) is 22.2 Å². The summed E-state index contributed by atoms with van der Waals surface area (Å²) in [7, 11) is 0. The molecule has 0 aliphatic heterocycles. The Kier molecular flexibility index (Phi) is 3.87. The van der Waals surface area contributed by atoms with Crippen molar-refractivity contribution in [2.45, 2.75) is 26.2 Å². The monoisotopic (exact) mass is 304 g/mol. The summed E-state index contributed by atoms with van der Waals surface area (Å²) < 4.78 is 0. The molecule has 0 heterocycles. The van der Waals surface area contributed by atoms with E-state index in [0.717, 1.165) is 0 Å². The minimum absolute atomic E-state index is 0.0538. The van der Waals surface area contributed by atoms with Gasteiger partial charge in [-0.1, -0.05) is 18.2 Å². The molecule has 2 unspecified atom stereocenters. The maximum Gasteiger partial charge on any atom is 0.315 e. The molecule has 1 aliphatic rings. The van der Waals surface area contributed by atoms with E-state index in [4.69, 9.17) is 11.5 Å². The van der Waals surface area contributed by atoms with Crippen LogP contribution < -0.4 is 11.5 Å². The van der Waals surface area contributed by atoms with E-state index in [9.17, 15) is 19.8 Å². The molecule has 0 radical (unpaired) electrons. The van der Waals surface area contributed by atoms with Gasteiger partial charge in [-0.3, -0.25) is 9.59 Å². The van der Waals surface area contributed by atoms with Gasteiger partial charge < -0.3 is 21.7 Å². The van der Waals surface area contributed by atoms with E-state index in [-0.39, 0.29) is 25.0 Å². The number of hydrogen-bond donors (Lipinski definition) is 4. The highest BCUT2D eigenvalue weighted by molar-refractivity contribution is 5.83. The van der Waals surface area contributed by atoms with Gasteiger partial charge in [0, 0.05) is 11.4 Å². The van der Waals surface area contributed by atoms with Crippen molar-refractivity contribution < 1.29 is 19.8 Å². The number of anilines is 1. The number of nitrogen functional groups attached to an aromatic ring is 1. The van der Waals surface area contributed by atoms with Crippen molar-refractivity contribution in [1.29, 1.82) is 0 Å². The summed E-state index contributed by atoms with van der Waals surface area (Å²) >= 11 is 0. The number of carboxylic acids is 2. The summed E-state index contributed by atoms with van der Waals surface area (Å²) in [5.41, 5.74) is 10.6. The van der Waals surface area contributed by atoms with E-state index >= 15 is 0 Å². The molecule has 1 aromatic carbocycles. The second-order valence-corrected chi connectivity index (χ2v) is 6.22. The van der Waals surface area contributed by atoms with Crippen molar-refractivity contribution in [2.75, 3.05) is 5.73 Å². The number of rotatable bonds is 4. The average Bonchev–Trinajstić information content (AvgIpc) is 2.42. The van der Waals surface area contributed by atoms with E-state index in [1.54, 1.807) is 31.2 Å². The van der Waals surface area contributed by atoms with Gasteiger partial charge in [0.05, 0.1) is 5.41 Å². The first kappa shape index (κ1) is 15.9. The fraction of sp³-hybridized carbons (Fsp3) is 0.375. The van der Waals surface area contributed by atoms with Crippen LogP contribution in [0.15, 0.2) is 36.0 Å². The SMILES string of the molecule is CC1(C(=O)O)CC=C(N)C(Cc2cccc(N)c2)(C(=O)O)C1. The molecule has 2 atom stereocenters. The molecular formula is C16H20N2O4. The molecule has 22 heavy (non-hydrogen) atoms. The molecule has 6 heteroatoms. The van der Waals surface area contributed by atoms with Crippen molar-refractivity contribution >= 4 is 17.6 Å². The minimum Gasteiger partial charge on any atom is -0.481 e. The molecule has 1 aliphatic carbocycles. The lowest BCUT2D eigenvalue weighted by Crippen LogP contribution is -2.47. The second kappa shape index (κ2) is 5.36. The number of carboxylic acid groups (broad SMARTS) is 2. The first-order valence-corrected chi connectivity index (χ1v) is 6.97. The van der Waals surface area contributed by atoms with Gasteiger partial charge in [-0.15, -0.1) is 0 Å². The summed E-state index contributed by atoms with van der Waals surface area (Å²) in [5, 5.41) is 19.2. The lowest BCUT2D eigenvalue weighted by Gasteiger charge is -2.40. The Hall–Kier alpha value is -2.50. The lowest BCUT2D eigenvalue weighted by atomic mass is 9.62. The number of aliphatic carboxylic acids is 2. The maximum absolute atomic E-state index is 11.9. The summed E-state index contributed by atoms with van der Waals surface area (Å²) in [6, 6.07) is 6.89. The Morgan fingerprint density at radius 3 is 2.45 bits per heavy atom. The molecule has 0 aromatic heterocycles. The summed E-state index contributed by atoms with van der Waals surface area (Å²) in [4.78, 5) is 23.5. The quantitative estimate of drug-likeness (QED) is 0.626. The third-order valence-corrected chi connectivity index (χ3v) is 4.40. The summed E-state index contributed by atoms with van der Waals surface area (Å²) in [6.45, 7) is 1.55. The zero-order valence-corrected chi connectivity index (χ0v) is 12.4. The van der Waals surface area contributed by atoms with Gasteiger partial charge in [0.2, 0.25) is 0 Å². The largest absolute Gasteiger partial charge is 0.481 e. The number of hydrogen-bond acceptors (Lipinski definition) is 4. The Labute approximate surface area is 128 Å². The van der Waals surface area contributed by atoms with Crippen molar-refractivity contribution in [3.8, 4) is 0 Å². The molecule has 0 spiro atoms. The van der Waals surface area contributed by atoms with Crippen molar-refractivity contribution in [2.24, 2.45) is 16.6 Å². The predicted octanol–water partition coefficient (Wildman–Crippen LogP) is 1.61. The van der Waals surface area contributed by atoms with Crippen molar-refractivity contribution in [3.63, 3.8) is 0 Å². The smallest absolute Gasteiger partial charge is 0.315 e. The van der Waals surface area contributed by atoms with Crippen LogP contribution >= 0.6 is 0 Å². The topological polar surface area (TPSA) is 127 Å². The van der Waals surface area contributed by atoms with Crippen LogP contribution in [0.1, 0.15) is 25.3 Å². The average molecular weight is 304 g/mol. The Morgan fingerprint density at radius 1 is 1.23 bits per heavy atom. The second-order valence-electron chi connectivity index (χ2n) is 6.22. The van der Waals surface area contributed by atoms with Gasteiger partial charge in [0.25, 0.3) is 0 Å². The highest BCUT2D eigenvalue weighted by Gasteiger charge is 2.52. The third-order valence-electron chi connectivity index (χ3n) is 4.40. The van der Waals surface area contributed by atoms with Crippen LogP contribution in [0.25, 0.3) is 0 Å². The lowest BCUT2D eigenvalue weighted by molar-refractivity contribution is -0.156. The van der Waals surface area contributed by atoms with E-state index in [1.807, 2.05) is 0 Å². The Morgan fingerprint density at radius 2 is 1.91 bits per heavy atom. The fourth-order valence-corrected chi connectivity index (χ4v) is 3.02. The minimum atomic E-state index is -1.43. The first-order chi connectivity index (χ1) is 10.2. The summed E-state index contributed by atoms with van der Waals surface area (Å²) in [6.07, 6.45) is 1.80. The Bertz CT molecular complexity index is 655. The number of nitrogens with two attached hydrogens (primary N) is 2. The van der Waals surface area contributed by atoms with E-state index in [1.165, 1.54) is 6.08 Å². The van der Waals surface area contributed by atoms with Crippen molar-refractivity contribution in [3.05, 3.63) is 41.6 Å².